The standard InChI is InChI=1S/C4H7N5/c5-3-1-4(9-6)8-2-7-3/h1-2H,6H2,(H3,5,7,8,9). The Bertz CT molecular complexity index is 198. The molecule has 5 nitrogen and oxygen atoms in total. The van der Waals surface area contributed by atoms with Gasteiger partial charge in [-0.25, -0.2) is 15.8 Å². The molecule has 0 atom stereocenters. The van der Waals surface area contributed by atoms with Gasteiger partial charge in [-0.05, 0) is 0 Å². The molecule has 0 fully saturated rings. The van der Waals surface area contributed by atoms with Crippen LogP contribution in [0.25, 0.3) is 0 Å². The van der Waals surface area contributed by atoms with Gasteiger partial charge in [-0.2, -0.15) is 0 Å². The molecular weight excluding hydrogens is 118 g/mol. The molecule has 1 heterocycles. The summed E-state index contributed by atoms with van der Waals surface area (Å²) in [4.78, 5) is 7.39. The lowest BCUT2D eigenvalue weighted by Gasteiger charge is -1.96. The highest BCUT2D eigenvalue weighted by Crippen LogP contribution is 2.00. The second-order valence-corrected chi connectivity index (χ2v) is 1.47. The maximum absolute atomic E-state index is 5.29. The number of nitrogens with zero attached hydrogens (tertiary/aromatic N) is 2. The zero-order valence-corrected chi connectivity index (χ0v) is 4.70. The lowest BCUT2D eigenvalue weighted by atomic mass is 10.5. The van der Waals surface area contributed by atoms with Crippen LogP contribution in [0.5, 0.6) is 0 Å². The van der Waals surface area contributed by atoms with Gasteiger partial charge in [-0.3, -0.25) is 0 Å². The lowest BCUT2D eigenvalue weighted by Crippen LogP contribution is -2.08. The van der Waals surface area contributed by atoms with Crippen molar-refractivity contribution in [2.75, 3.05) is 11.2 Å². The van der Waals surface area contributed by atoms with E-state index >= 15 is 0 Å². The van der Waals surface area contributed by atoms with Crippen molar-refractivity contribution < 1.29 is 0 Å². The second kappa shape index (κ2) is 2.27. The summed E-state index contributed by atoms with van der Waals surface area (Å²) in [7, 11) is 0. The molecule has 48 valence electrons. The SMILES string of the molecule is NNc1cc(N)ncn1. The van der Waals surface area contributed by atoms with Crippen molar-refractivity contribution in [3.05, 3.63) is 12.4 Å². The summed E-state index contributed by atoms with van der Waals surface area (Å²) in [6.45, 7) is 0. The van der Waals surface area contributed by atoms with Gasteiger partial charge >= 0.3 is 0 Å². The Morgan fingerprint density at radius 2 is 2.22 bits per heavy atom. The summed E-state index contributed by atoms with van der Waals surface area (Å²) < 4.78 is 0. The molecule has 9 heavy (non-hydrogen) atoms. The van der Waals surface area contributed by atoms with Crippen molar-refractivity contribution in [3.63, 3.8) is 0 Å². The van der Waals surface area contributed by atoms with Gasteiger partial charge in [0.1, 0.15) is 18.0 Å². The summed E-state index contributed by atoms with van der Waals surface area (Å²) >= 11 is 0. The first kappa shape index (κ1) is 5.77. The molecule has 0 saturated carbocycles. The molecule has 5 heteroatoms. The predicted molar refractivity (Wildman–Crippen MR) is 34.3 cm³/mol. The molecule has 0 aliphatic carbocycles. The van der Waals surface area contributed by atoms with Crippen molar-refractivity contribution in [1.29, 1.82) is 0 Å². The van der Waals surface area contributed by atoms with E-state index in [1.165, 1.54) is 6.33 Å². The molecule has 1 aromatic rings. The number of anilines is 2. The van der Waals surface area contributed by atoms with E-state index in [-0.39, 0.29) is 0 Å². The second-order valence-electron chi connectivity index (χ2n) is 1.47. The topological polar surface area (TPSA) is 89.8 Å². The summed E-state index contributed by atoms with van der Waals surface area (Å²) in [5.41, 5.74) is 7.62. The number of nitrogens with two attached hydrogens (primary N) is 2. The van der Waals surface area contributed by atoms with Gasteiger partial charge in [0, 0.05) is 6.07 Å². The van der Waals surface area contributed by atoms with Crippen LogP contribution < -0.4 is 17.0 Å². The highest BCUT2D eigenvalue weighted by Gasteiger charge is 1.88. The van der Waals surface area contributed by atoms with Gasteiger partial charge in [0.05, 0.1) is 0 Å². The van der Waals surface area contributed by atoms with Crippen molar-refractivity contribution in [2.24, 2.45) is 5.84 Å². The van der Waals surface area contributed by atoms with Crippen LogP contribution in [0, 0.1) is 0 Å². The Hall–Kier alpha value is -1.36. The van der Waals surface area contributed by atoms with E-state index < -0.39 is 0 Å². The quantitative estimate of drug-likeness (QED) is 0.342. The smallest absolute Gasteiger partial charge is 0.145 e. The number of rotatable bonds is 1. The van der Waals surface area contributed by atoms with Gasteiger partial charge in [0.2, 0.25) is 0 Å². The predicted octanol–water partition coefficient (Wildman–Crippen LogP) is -0.656. The molecule has 1 aromatic heterocycles. The van der Waals surface area contributed by atoms with Crippen molar-refractivity contribution >= 4 is 11.6 Å². The molecule has 0 amide bonds. The number of hydrogen-bond donors (Lipinski definition) is 3. The van der Waals surface area contributed by atoms with E-state index in [2.05, 4.69) is 15.4 Å². The van der Waals surface area contributed by atoms with Crippen LogP contribution in [0.3, 0.4) is 0 Å². The fourth-order valence-electron chi connectivity index (χ4n) is 0.451. The maximum Gasteiger partial charge on any atom is 0.145 e. The summed E-state index contributed by atoms with van der Waals surface area (Å²) in [5.74, 6) is 5.94. The highest BCUT2D eigenvalue weighted by molar-refractivity contribution is 5.41. The average Bonchev–Trinajstić information content (AvgIpc) is 1.88. The van der Waals surface area contributed by atoms with Crippen molar-refractivity contribution in [1.82, 2.24) is 9.97 Å². The van der Waals surface area contributed by atoms with Crippen LogP contribution in [0.15, 0.2) is 12.4 Å². The summed E-state index contributed by atoms with van der Waals surface area (Å²) in [6.07, 6.45) is 1.34. The molecule has 0 spiro atoms. The van der Waals surface area contributed by atoms with E-state index in [0.717, 1.165) is 0 Å². The Morgan fingerprint density at radius 1 is 1.44 bits per heavy atom. The molecule has 5 N–H and O–H groups in total. The van der Waals surface area contributed by atoms with Crippen LogP contribution >= 0.6 is 0 Å². The zero-order chi connectivity index (χ0) is 6.69. The van der Waals surface area contributed by atoms with Crippen LogP contribution in [0.1, 0.15) is 0 Å². The van der Waals surface area contributed by atoms with E-state index in [1.54, 1.807) is 6.07 Å². The highest BCUT2D eigenvalue weighted by atomic mass is 15.3. The first-order chi connectivity index (χ1) is 4.33. The van der Waals surface area contributed by atoms with E-state index in [1.807, 2.05) is 0 Å². The van der Waals surface area contributed by atoms with Crippen molar-refractivity contribution in [3.8, 4) is 0 Å². The van der Waals surface area contributed by atoms with Gasteiger partial charge in [-0.1, -0.05) is 0 Å². The molecule has 1 rings (SSSR count). The number of aromatic nitrogens is 2. The number of hydrazine groups is 1. The van der Waals surface area contributed by atoms with E-state index in [9.17, 15) is 0 Å². The summed E-state index contributed by atoms with van der Waals surface area (Å²) in [5, 5.41) is 0. The minimum Gasteiger partial charge on any atom is -0.384 e. The van der Waals surface area contributed by atoms with Crippen LogP contribution in [0.2, 0.25) is 0 Å². The first-order valence-corrected chi connectivity index (χ1v) is 2.37. The fourth-order valence-corrected chi connectivity index (χ4v) is 0.451. The van der Waals surface area contributed by atoms with E-state index in [0.29, 0.717) is 11.6 Å². The molecule has 0 radical (unpaired) electrons. The third kappa shape index (κ3) is 1.26. The maximum atomic E-state index is 5.29. The van der Waals surface area contributed by atoms with Crippen LogP contribution in [-0.2, 0) is 0 Å². The Morgan fingerprint density at radius 3 is 2.67 bits per heavy atom. The molecular formula is C4H7N5. The Kier molecular flexibility index (Phi) is 1.46. The van der Waals surface area contributed by atoms with Crippen molar-refractivity contribution in [2.45, 2.75) is 0 Å². The summed E-state index contributed by atoms with van der Waals surface area (Å²) in [6, 6.07) is 1.54. The Balaban J connectivity index is 2.94. The lowest BCUT2D eigenvalue weighted by molar-refractivity contribution is 1.14. The molecule has 0 aromatic carbocycles. The van der Waals surface area contributed by atoms with Crippen LogP contribution in [0.4, 0.5) is 11.6 Å². The minimum absolute atomic E-state index is 0.401. The number of hydrogen-bond acceptors (Lipinski definition) is 5. The third-order valence-electron chi connectivity index (χ3n) is 0.836. The number of nitrogens with one attached hydrogen (secondary N) is 1. The fraction of sp³-hybridized carbons (Fsp3) is 0. The first-order valence-electron chi connectivity index (χ1n) is 2.37. The van der Waals surface area contributed by atoms with Gasteiger partial charge in [0.15, 0.2) is 0 Å². The van der Waals surface area contributed by atoms with Crippen LogP contribution in [-0.4, -0.2) is 9.97 Å². The van der Waals surface area contributed by atoms with Gasteiger partial charge in [0.25, 0.3) is 0 Å². The normalized spacial score (nSPS) is 9.00. The molecule has 0 bridgehead atoms. The number of nitrogen functional groups attached to an aromatic ring is 2. The molecule has 0 saturated heterocycles. The largest absolute Gasteiger partial charge is 0.384 e. The molecule has 0 unspecified atom stereocenters. The molecule has 0 aliphatic rings. The molecule has 0 aliphatic heterocycles. The van der Waals surface area contributed by atoms with E-state index in [4.69, 9.17) is 11.6 Å². The van der Waals surface area contributed by atoms with Gasteiger partial charge < -0.3 is 11.2 Å². The Labute approximate surface area is 52.1 Å². The van der Waals surface area contributed by atoms with Gasteiger partial charge in [-0.15, -0.1) is 0 Å². The zero-order valence-electron chi connectivity index (χ0n) is 4.70. The average molecular weight is 125 g/mol. The third-order valence-corrected chi connectivity index (χ3v) is 0.836. The minimum atomic E-state index is 0.401. The monoisotopic (exact) mass is 125 g/mol.